The number of pyridine rings is 2. The number of hydrogen-bond donors (Lipinski definition) is 1. The molecule has 7 heteroatoms. The Hall–Kier alpha value is -2.37. The Labute approximate surface area is 148 Å². The maximum absolute atomic E-state index is 13.7. The van der Waals surface area contributed by atoms with Crippen molar-refractivity contribution in [1.82, 2.24) is 9.97 Å². The van der Waals surface area contributed by atoms with E-state index in [9.17, 15) is 9.18 Å². The SMILES string of the molecule is Cl.O=c1cc(-c2cccc(OCc3ccc(Cl)cc3F)n2)cc[nH]1. The minimum atomic E-state index is -0.428. The van der Waals surface area contributed by atoms with Gasteiger partial charge in [-0.1, -0.05) is 23.7 Å². The largest absolute Gasteiger partial charge is 0.473 e. The van der Waals surface area contributed by atoms with Crippen molar-refractivity contribution in [3.05, 3.63) is 81.5 Å². The van der Waals surface area contributed by atoms with Crippen LogP contribution in [0.25, 0.3) is 11.3 Å². The number of aromatic amines is 1. The fraction of sp³-hybridized carbons (Fsp3) is 0.0588. The van der Waals surface area contributed by atoms with E-state index in [1.807, 2.05) is 0 Å². The average molecular weight is 367 g/mol. The van der Waals surface area contributed by atoms with E-state index in [0.717, 1.165) is 0 Å². The summed E-state index contributed by atoms with van der Waals surface area (Å²) in [4.78, 5) is 18.2. The molecule has 0 aliphatic heterocycles. The summed E-state index contributed by atoms with van der Waals surface area (Å²) >= 11 is 5.71. The van der Waals surface area contributed by atoms with Crippen molar-refractivity contribution in [3.63, 3.8) is 0 Å². The molecule has 0 saturated heterocycles. The van der Waals surface area contributed by atoms with Gasteiger partial charge in [-0.3, -0.25) is 4.79 Å². The number of rotatable bonds is 4. The molecule has 0 bridgehead atoms. The third-order valence-corrected chi connectivity index (χ3v) is 3.42. The maximum atomic E-state index is 13.7. The van der Waals surface area contributed by atoms with E-state index in [0.29, 0.717) is 27.7 Å². The third kappa shape index (κ3) is 4.34. The molecule has 0 fully saturated rings. The Balaban J connectivity index is 0.00000208. The van der Waals surface area contributed by atoms with Crippen molar-refractivity contribution in [3.8, 4) is 17.1 Å². The van der Waals surface area contributed by atoms with Gasteiger partial charge >= 0.3 is 0 Å². The third-order valence-electron chi connectivity index (χ3n) is 3.19. The molecule has 124 valence electrons. The van der Waals surface area contributed by atoms with Crippen LogP contribution in [0.15, 0.2) is 59.5 Å². The van der Waals surface area contributed by atoms with Crippen LogP contribution in [-0.4, -0.2) is 9.97 Å². The van der Waals surface area contributed by atoms with E-state index in [2.05, 4.69) is 9.97 Å². The molecule has 24 heavy (non-hydrogen) atoms. The van der Waals surface area contributed by atoms with Crippen molar-refractivity contribution in [1.29, 1.82) is 0 Å². The Morgan fingerprint density at radius 3 is 2.75 bits per heavy atom. The van der Waals surface area contributed by atoms with Crippen molar-refractivity contribution in [2.75, 3.05) is 0 Å². The van der Waals surface area contributed by atoms with Crippen LogP contribution in [0.2, 0.25) is 5.02 Å². The molecule has 0 atom stereocenters. The molecule has 0 aliphatic carbocycles. The minimum absolute atomic E-state index is 0. The van der Waals surface area contributed by atoms with Gasteiger partial charge in [-0.15, -0.1) is 12.4 Å². The molecule has 0 saturated carbocycles. The molecule has 2 heterocycles. The second-order valence-corrected chi connectivity index (χ2v) is 5.26. The number of hydrogen-bond acceptors (Lipinski definition) is 3. The number of halogens is 3. The summed E-state index contributed by atoms with van der Waals surface area (Å²) < 4.78 is 19.2. The molecule has 0 amide bonds. The van der Waals surface area contributed by atoms with Gasteiger partial charge in [-0.05, 0) is 24.3 Å². The topological polar surface area (TPSA) is 55.0 Å². The van der Waals surface area contributed by atoms with Gasteiger partial charge in [-0.2, -0.15) is 0 Å². The summed E-state index contributed by atoms with van der Waals surface area (Å²) in [6.07, 6.45) is 1.55. The molecule has 1 aromatic carbocycles. The molecule has 0 aliphatic rings. The molecule has 0 spiro atoms. The first-order chi connectivity index (χ1) is 11.1. The van der Waals surface area contributed by atoms with E-state index in [1.54, 1.807) is 42.6 Å². The van der Waals surface area contributed by atoms with Crippen LogP contribution in [0.4, 0.5) is 4.39 Å². The molecule has 4 nitrogen and oxygen atoms in total. The lowest BCUT2D eigenvalue weighted by Crippen LogP contribution is -2.03. The van der Waals surface area contributed by atoms with Gasteiger partial charge in [0.25, 0.3) is 0 Å². The first-order valence-electron chi connectivity index (χ1n) is 6.85. The molecular weight excluding hydrogens is 354 g/mol. The van der Waals surface area contributed by atoms with Crippen molar-refractivity contribution in [2.45, 2.75) is 6.61 Å². The molecule has 3 rings (SSSR count). The van der Waals surface area contributed by atoms with E-state index in [1.165, 1.54) is 12.1 Å². The summed E-state index contributed by atoms with van der Waals surface area (Å²) in [5, 5.41) is 0.334. The number of benzene rings is 1. The van der Waals surface area contributed by atoms with Gasteiger partial charge in [0.15, 0.2) is 0 Å². The highest BCUT2D eigenvalue weighted by atomic mass is 35.5. The number of ether oxygens (including phenoxy) is 1. The molecule has 0 radical (unpaired) electrons. The minimum Gasteiger partial charge on any atom is -0.473 e. The number of nitrogens with zero attached hydrogens (tertiary/aromatic N) is 1. The van der Waals surface area contributed by atoms with E-state index >= 15 is 0 Å². The molecule has 0 unspecified atom stereocenters. The molecule has 2 aromatic heterocycles. The van der Waals surface area contributed by atoms with Gasteiger partial charge < -0.3 is 9.72 Å². The number of H-pyrrole nitrogens is 1. The zero-order valence-corrected chi connectivity index (χ0v) is 13.9. The smallest absolute Gasteiger partial charge is 0.248 e. The van der Waals surface area contributed by atoms with Crippen LogP contribution < -0.4 is 10.3 Å². The van der Waals surface area contributed by atoms with Gasteiger partial charge in [0.05, 0.1) is 5.69 Å². The molecule has 3 aromatic rings. The Morgan fingerprint density at radius 1 is 1.17 bits per heavy atom. The van der Waals surface area contributed by atoms with Crippen LogP contribution in [0, 0.1) is 5.82 Å². The first-order valence-corrected chi connectivity index (χ1v) is 7.22. The van der Waals surface area contributed by atoms with Crippen molar-refractivity contribution in [2.24, 2.45) is 0 Å². The quantitative estimate of drug-likeness (QED) is 0.751. The van der Waals surface area contributed by atoms with Crippen LogP contribution in [0.5, 0.6) is 5.88 Å². The Morgan fingerprint density at radius 2 is 2.00 bits per heavy atom. The van der Waals surface area contributed by atoms with Crippen molar-refractivity contribution < 1.29 is 9.13 Å². The lowest BCUT2D eigenvalue weighted by Gasteiger charge is -2.08. The Kier molecular flexibility index (Phi) is 5.95. The summed E-state index contributed by atoms with van der Waals surface area (Å²) in [7, 11) is 0. The fourth-order valence-electron chi connectivity index (χ4n) is 2.05. The van der Waals surface area contributed by atoms with E-state index in [4.69, 9.17) is 16.3 Å². The summed E-state index contributed by atoms with van der Waals surface area (Å²) in [6, 6.07) is 12.8. The van der Waals surface area contributed by atoms with Crippen molar-refractivity contribution >= 4 is 24.0 Å². The van der Waals surface area contributed by atoms with Gasteiger partial charge in [-0.25, -0.2) is 9.37 Å². The Bertz CT molecular complexity index is 900. The van der Waals surface area contributed by atoms with Crippen LogP contribution in [-0.2, 0) is 6.61 Å². The summed E-state index contributed by atoms with van der Waals surface area (Å²) in [5.41, 5.74) is 1.46. The normalized spacial score (nSPS) is 10.1. The highest BCUT2D eigenvalue weighted by Crippen LogP contribution is 2.20. The highest BCUT2D eigenvalue weighted by molar-refractivity contribution is 6.30. The predicted octanol–water partition coefficient (Wildman–Crippen LogP) is 4.23. The highest BCUT2D eigenvalue weighted by Gasteiger charge is 2.06. The van der Waals surface area contributed by atoms with Gasteiger partial charge in [0.1, 0.15) is 12.4 Å². The van der Waals surface area contributed by atoms with Crippen LogP contribution >= 0.6 is 24.0 Å². The molecule has 1 N–H and O–H groups in total. The van der Waals surface area contributed by atoms with E-state index < -0.39 is 5.82 Å². The second kappa shape index (κ2) is 7.95. The van der Waals surface area contributed by atoms with Gasteiger partial charge in [0, 0.05) is 34.5 Å². The van der Waals surface area contributed by atoms with Crippen LogP contribution in [0.1, 0.15) is 5.56 Å². The zero-order valence-electron chi connectivity index (χ0n) is 12.3. The number of aromatic nitrogens is 2. The molecular formula is C17H13Cl2FN2O2. The average Bonchev–Trinajstić information content (AvgIpc) is 2.54. The van der Waals surface area contributed by atoms with Crippen LogP contribution in [0.3, 0.4) is 0 Å². The zero-order chi connectivity index (χ0) is 16.2. The predicted molar refractivity (Wildman–Crippen MR) is 93.3 cm³/mol. The lowest BCUT2D eigenvalue weighted by atomic mass is 10.2. The maximum Gasteiger partial charge on any atom is 0.248 e. The number of nitrogens with one attached hydrogen (secondary N) is 1. The lowest BCUT2D eigenvalue weighted by molar-refractivity contribution is 0.288. The summed E-state index contributed by atoms with van der Waals surface area (Å²) in [6.45, 7) is 0.0365. The fourth-order valence-corrected chi connectivity index (χ4v) is 2.21. The standard InChI is InChI=1S/C17H12ClFN2O2.ClH/c18-13-5-4-12(14(19)9-13)10-23-17-3-1-2-15(21-17)11-6-7-20-16(22)8-11;/h1-9H,10H2,(H,20,22);1H. The monoisotopic (exact) mass is 366 g/mol. The van der Waals surface area contributed by atoms with Gasteiger partial charge in [0.2, 0.25) is 11.4 Å². The second-order valence-electron chi connectivity index (χ2n) is 4.83. The summed E-state index contributed by atoms with van der Waals surface area (Å²) in [5.74, 6) is -0.0830. The first kappa shape index (κ1) is 18.0. The van der Waals surface area contributed by atoms with E-state index in [-0.39, 0.29) is 24.6 Å².